The van der Waals surface area contributed by atoms with E-state index < -0.39 is 5.97 Å². The third kappa shape index (κ3) is 4.53. The minimum absolute atomic E-state index is 0.115. The fourth-order valence-electron chi connectivity index (χ4n) is 2.13. The van der Waals surface area contributed by atoms with Gasteiger partial charge in [-0.3, -0.25) is 9.69 Å². The smallest absolute Gasteiger partial charge is 0.304 e. The Morgan fingerprint density at radius 1 is 1.14 bits per heavy atom. The summed E-state index contributed by atoms with van der Waals surface area (Å²) in [6.07, 6.45) is 0.115. The molecule has 21 heavy (non-hydrogen) atoms. The molecule has 0 bridgehead atoms. The number of hydrogen-bond acceptors (Lipinski definition) is 5. The van der Waals surface area contributed by atoms with Crippen LogP contribution in [0.3, 0.4) is 0 Å². The van der Waals surface area contributed by atoms with Gasteiger partial charge in [0.1, 0.15) is 0 Å². The molecule has 0 radical (unpaired) electrons. The van der Waals surface area contributed by atoms with Crippen LogP contribution in [0.1, 0.15) is 18.9 Å². The van der Waals surface area contributed by atoms with Gasteiger partial charge in [0, 0.05) is 18.7 Å². The second-order valence-electron chi connectivity index (χ2n) is 4.51. The number of carboxylic acids is 1. The Hall–Kier alpha value is -1.95. The molecule has 1 aromatic rings. The van der Waals surface area contributed by atoms with Crippen LogP contribution in [0.5, 0.6) is 17.2 Å². The van der Waals surface area contributed by atoms with Crippen LogP contribution in [-0.4, -0.2) is 50.4 Å². The first-order chi connectivity index (χ1) is 10.1. The van der Waals surface area contributed by atoms with Crippen molar-refractivity contribution in [1.82, 2.24) is 4.90 Å². The summed E-state index contributed by atoms with van der Waals surface area (Å²) < 4.78 is 16.0. The average Bonchev–Trinajstić information content (AvgIpc) is 2.49. The monoisotopic (exact) mass is 297 g/mol. The summed E-state index contributed by atoms with van der Waals surface area (Å²) in [5.41, 5.74) is 0.933. The molecule has 0 fully saturated rings. The first-order valence-electron chi connectivity index (χ1n) is 6.79. The fourth-order valence-corrected chi connectivity index (χ4v) is 2.13. The molecule has 0 aliphatic heterocycles. The number of aliphatic carboxylic acids is 1. The Labute approximate surface area is 125 Å². The van der Waals surface area contributed by atoms with Gasteiger partial charge in [-0.05, 0) is 12.6 Å². The third-order valence-electron chi connectivity index (χ3n) is 3.27. The highest BCUT2D eigenvalue weighted by Gasteiger charge is 2.17. The maximum atomic E-state index is 10.7. The van der Waals surface area contributed by atoms with E-state index in [2.05, 4.69) is 0 Å². The third-order valence-corrected chi connectivity index (χ3v) is 3.27. The summed E-state index contributed by atoms with van der Waals surface area (Å²) in [5.74, 6) is 0.969. The molecule has 0 aromatic heterocycles. The van der Waals surface area contributed by atoms with Gasteiger partial charge in [-0.1, -0.05) is 13.0 Å². The predicted molar refractivity (Wildman–Crippen MR) is 79.3 cm³/mol. The van der Waals surface area contributed by atoms with E-state index in [-0.39, 0.29) is 6.42 Å². The number of rotatable bonds is 9. The highest BCUT2D eigenvalue weighted by Crippen LogP contribution is 2.40. The van der Waals surface area contributed by atoms with E-state index in [4.69, 9.17) is 19.3 Å². The fraction of sp³-hybridized carbons (Fsp3) is 0.533. The van der Waals surface area contributed by atoms with Crippen molar-refractivity contribution in [1.29, 1.82) is 0 Å². The van der Waals surface area contributed by atoms with Gasteiger partial charge in [-0.25, -0.2) is 0 Å². The van der Waals surface area contributed by atoms with Crippen molar-refractivity contribution in [3.63, 3.8) is 0 Å². The SMILES string of the molecule is CCN(CCC(=O)O)Cc1ccc(OC)c(OC)c1OC. The maximum Gasteiger partial charge on any atom is 0.304 e. The van der Waals surface area contributed by atoms with E-state index in [1.807, 2.05) is 24.0 Å². The van der Waals surface area contributed by atoms with Crippen LogP contribution >= 0.6 is 0 Å². The number of benzene rings is 1. The number of carbonyl (C=O) groups is 1. The van der Waals surface area contributed by atoms with Crippen molar-refractivity contribution in [3.05, 3.63) is 17.7 Å². The summed E-state index contributed by atoms with van der Waals surface area (Å²) in [4.78, 5) is 12.7. The quantitative estimate of drug-likeness (QED) is 0.752. The zero-order valence-electron chi connectivity index (χ0n) is 13.0. The molecule has 0 atom stereocenters. The Morgan fingerprint density at radius 2 is 1.81 bits per heavy atom. The molecule has 0 heterocycles. The second-order valence-corrected chi connectivity index (χ2v) is 4.51. The van der Waals surface area contributed by atoms with Crippen LogP contribution < -0.4 is 14.2 Å². The molecule has 6 heteroatoms. The molecule has 6 nitrogen and oxygen atoms in total. The maximum absolute atomic E-state index is 10.7. The van der Waals surface area contributed by atoms with Gasteiger partial charge in [-0.15, -0.1) is 0 Å². The van der Waals surface area contributed by atoms with Crippen LogP contribution in [0, 0.1) is 0 Å². The molecular weight excluding hydrogens is 274 g/mol. The second kappa shape index (κ2) is 8.36. The van der Waals surface area contributed by atoms with Gasteiger partial charge in [-0.2, -0.15) is 0 Å². The van der Waals surface area contributed by atoms with Crippen molar-refractivity contribution >= 4 is 5.97 Å². The molecule has 0 aliphatic rings. The van der Waals surface area contributed by atoms with E-state index in [1.165, 1.54) is 0 Å². The number of carboxylic acid groups (broad SMARTS) is 1. The number of nitrogens with zero attached hydrogens (tertiary/aromatic N) is 1. The van der Waals surface area contributed by atoms with E-state index >= 15 is 0 Å². The van der Waals surface area contributed by atoms with Gasteiger partial charge < -0.3 is 19.3 Å². The van der Waals surface area contributed by atoms with E-state index in [0.29, 0.717) is 30.3 Å². The average molecular weight is 297 g/mol. The molecule has 1 N–H and O–H groups in total. The highest BCUT2D eigenvalue weighted by molar-refractivity contribution is 5.66. The molecule has 0 spiro atoms. The summed E-state index contributed by atoms with van der Waals surface area (Å²) >= 11 is 0. The normalized spacial score (nSPS) is 10.5. The summed E-state index contributed by atoms with van der Waals surface area (Å²) in [5, 5.41) is 8.79. The lowest BCUT2D eigenvalue weighted by Crippen LogP contribution is -2.26. The van der Waals surface area contributed by atoms with Crippen LogP contribution in [0.2, 0.25) is 0 Å². The summed E-state index contributed by atoms with van der Waals surface area (Å²) in [7, 11) is 4.71. The molecule has 0 saturated carbocycles. The Kier molecular flexibility index (Phi) is 6.81. The lowest BCUT2D eigenvalue weighted by molar-refractivity contribution is -0.137. The number of hydrogen-bond donors (Lipinski definition) is 1. The van der Waals surface area contributed by atoms with Crippen LogP contribution in [0.15, 0.2) is 12.1 Å². The van der Waals surface area contributed by atoms with Crippen molar-refractivity contribution < 1.29 is 24.1 Å². The molecule has 118 valence electrons. The van der Waals surface area contributed by atoms with Crippen LogP contribution in [0.4, 0.5) is 0 Å². The molecular formula is C15H23NO5. The molecule has 0 saturated heterocycles. The molecule has 0 amide bonds. The number of ether oxygens (including phenoxy) is 3. The van der Waals surface area contributed by atoms with Crippen LogP contribution in [0.25, 0.3) is 0 Å². The Balaban J connectivity index is 2.98. The van der Waals surface area contributed by atoms with Gasteiger partial charge in [0.25, 0.3) is 0 Å². The van der Waals surface area contributed by atoms with E-state index in [0.717, 1.165) is 12.1 Å². The summed E-state index contributed by atoms with van der Waals surface area (Å²) in [6.45, 7) is 3.83. The van der Waals surface area contributed by atoms with Gasteiger partial charge in [0.2, 0.25) is 5.75 Å². The highest BCUT2D eigenvalue weighted by atomic mass is 16.5. The minimum atomic E-state index is -0.798. The van der Waals surface area contributed by atoms with E-state index in [1.54, 1.807) is 21.3 Å². The lowest BCUT2D eigenvalue weighted by Gasteiger charge is -2.22. The standard InChI is InChI=1S/C15H23NO5/c1-5-16(9-8-13(17)18)10-11-6-7-12(19-2)15(21-4)14(11)20-3/h6-7H,5,8-10H2,1-4H3,(H,17,18). The van der Waals surface area contributed by atoms with Gasteiger partial charge in [0.05, 0.1) is 27.8 Å². The van der Waals surface area contributed by atoms with Crippen molar-refractivity contribution in [2.75, 3.05) is 34.4 Å². The number of methoxy groups -OCH3 is 3. The lowest BCUT2D eigenvalue weighted by atomic mass is 10.1. The van der Waals surface area contributed by atoms with Crippen molar-refractivity contribution in [3.8, 4) is 17.2 Å². The molecule has 0 aliphatic carbocycles. The topological polar surface area (TPSA) is 68.2 Å². The van der Waals surface area contributed by atoms with E-state index in [9.17, 15) is 4.79 Å². The Morgan fingerprint density at radius 3 is 2.29 bits per heavy atom. The zero-order valence-corrected chi connectivity index (χ0v) is 13.0. The first kappa shape index (κ1) is 17.1. The molecule has 1 aromatic carbocycles. The summed E-state index contributed by atoms with van der Waals surface area (Å²) in [6, 6.07) is 3.73. The minimum Gasteiger partial charge on any atom is -0.493 e. The first-order valence-corrected chi connectivity index (χ1v) is 6.79. The van der Waals surface area contributed by atoms with Crippen molar-refractivity contribution in [2.24, 2.45) is 0 Å². The molecule has 0 unspecified atom stereocenters. The zero-order chi connectivity index (χ0) is 15.8. The van der Waals surface area contributed by atoms with Gasteiger partial charge in [0.15, 0.2) is 11.5 Å². The Bertz CT molecular complexity index is 475. The van der Waals surface area contributed by atoms with Crippen LogP contribution in [-0.2, 0) is 11.3 Å². The predicted octanol–water partition coefficient (Wildman–Crippen LogP) is 2.01. The largest absolute Gasteiger partial charge is 0.493 e. The van der Waals surface area contributed by atoms with Crippen molar-refractivity contribution in [2.45, 2.75) is 19.9 Å². The van der Waals surface area contributed by atoms with Gasteiger partial charge >= 0.3 is 5.97 Å². The molecule has 1 rings (SSSR count).